The lowest BCUT2D eigenvalue weighted by molar-refractivity contribution is -0.303. The number of fused-ring (bicyclic) bond motifs is 2. The minimum absolute atomic E-state index is 0.0343. The third-order valence-corrected chi connectivity index (χ3v) is 6.61. The number of hydrogen-bond acceptors (Lipinski definition) is 1. The van der Waals surface area contributed by atoms with Crippen molar-refractivity contribution in [3.8, 4) is 0 Å². The van der Waals surface area contributed by atoms with Crippen molar-refractivity contribution < 1.29 is 79.0 Å². The summed E-state index contributed by atoms with van der Waals surface area (Å²) in [4.78, 5) is -0.0343. The van der Waals surface area contributed by atoms with E-state index in [1.54, 1.807) is 0 Å². The molecular weight excluding hydrogens is 608 g/mol. The molecule has 0 aromatic heterocycles. The van der Waals surface area contributed by atoms with Crippen molar-refractivity contribution in [2.24, 2.45) is 0 Å². The Labute approximate surface area is 209 Å². The zero-order valence-corrected chi connectivity index (χ0v) is 18.8. The lowest BCUT2D eigenvalue weighted by Crippen LogP contribution is -2.43. The minimum Gasteiger partial charge on any atom is -0.298 e. The van der Waals surface area contributed by atoms with Gasteiger partial charge in [-0.3, -0.25) is 4.90 Å². The van der Waals surface area contributed by atoms with Gasteiger partial charge >= 0.3 is 35.5 Å². The highest BCUT2D eigenvalue weighted by atomic mass is 19.4. The van der Waals surface area contributed by atoms with Gasteiger partial charge in [0.25, 0.3) is 0 Å². The van der Waals surface area contributed by atoms with Crippen LogP contribution in [0.3, 0.4) is 0 Å². The van der Waals surface area contributed by atoms with Crippen LogP contribution in [-0.2, 0) is 23.7 Å². The summed E-state index contributed by atoms with van der Waals surface area (Å²) in [5, 5.41) is 0. The molecule has 2 aliphatic rings. The summed E-state index contributed by atoms with van der Waals surface area (Å²) in [7, 11) is 0.836. The third kappa shape index (κ3) is 2.98. The van der Waals surface area contributed by atoms with Crippen LogP contribution in [-0.4, -0.2) is 30.8 Å². The number of hydrogen-bond donors (Lipinski definition) is 0. The Morgan fingerprint density at radius 3 is 0.850 bits per heavy atom. The van der Waals surface area contributed by atoms with Gasteiger partial charge in [0, 0.05) is 11.1 Å². The van der Waals surface area contributed by atoms with E-state index in [1.165, 1.54) is 0 Å². The molecule has 0 saturated heterocycles. The molecule has 0 atom stereocenters. The Morgan fingerprint density at radius 2 is 0.625 bits per heavy atom. The SMILES string of the molecule is CN(C)C(c1c(F)c(F)c2c(c1F)C(F)(F)C(F)(F)C2(F)F)c1c(F)c(F)c2c(c1F)C(F)(F)C(F)(F)C2(F)F. The molecule has 2 aromatic rings. The van der Waals surface area contributed by atoms with Crippen LogP contribution in [0.25, 0.3) is 0 Å². The Kier molecular flexibility index (Phi) is 5.95. The average molecular weight is 615 g/mol. The van der Waals surface area contributed by atoms with Gasteiger partial charge in [-0.15, -0.1) is 0 Å². The van der Waals surface area contributed by atoms with Crippen molar-refractivity contribution in [1.82, 2.24) is 4.90 Å². The van der Waals surface area contributed by atoms with E-state index in [4.69, 9.17) is 0 Å². The van der Waals surface area contributed by atoms with Gasteiger partial charge in [0.15, 0.2) is 23.3 Å². The van der Waals surface area contributed by atoms with E-state index in [1.807, 2.05) is 0 Å². The third-order valence-electron chi connectivity index (χ3n) is 6.61. The molecule has 0 amide bonds. The second-order valence-corrected chi connectivity index (χ2v) is 9.02. The largest absolute Gasteiger partial charge is 0.380 e. The number of benzene rings is 2. The van der Waals surface area contributed by atoms with E-state index in [2.05, 4.69) is 0 Å². The van der Waals surface area contributed by atoms with Crippen LogP contribution in [0.4, 0.5) is 79.0 Å². The number of nitrogens with zero attached hydrogens (tertiary/aromatic N) is 1. The van der Waals surface area contributed by atoms with E-state index in [9.17, 15) is 70.2 Å². The van der Waals surface area contributed by atoms with Gasteiger partial charge in [0.05, 0.1) is 28.3 Å². The maximum Gasteiger partial charge on any atom is 0.380 e. The molecule has 0 spiro atoms. The molecule has 0 N–H and O–H groups in total. The molecule has 2 aromatic carbocycles. The number of alkyl halides is 12. The van der Waals surface area contributed by atoms with Crippen LogP contribution in [0.5, 0.6) is 0 Å². The predicted molar refractivity (Wildman–Crippen MR) is 93.6 cm³/mol. The standard InChI is InChI=1S/C21H7F18N/c1-40(2)15(3-9(22)5-7(13(26)11(3)24)18(32,33)20(36,37)16(5,28)29)4-10(23)6-8(14(27)12(4)25)19(34,35)21(38,39)17(6,30)31/h15H,1-2H3. The van der Waals surface area contributed by atoms with E-state index in [0.29, 0.717) is 14.1 Å². The first-order valence-electron chi connectivity index (χ1n) is 10.1. The first-order chi connectivity index (χ1) is 17.8. The Balaban J connectivity index is 2.17. The molecular formula is C21H7F18N. The quantitative estimate of drug-likeness (QED) is 0.252. The molecule has 4 rings (SSSR count). The molecule has 0 unspecified atom stereocenters. The summed E-state index contributed by atoms with van der Waals surface area (Å²) in [5.41, 5.74) is -18.1. The molecule has 0 aliphatic heterocycles. The van der Waals surface area contributed by atoms with Crippen LogP contribution >= 0.6 is 0 Å². The second-order valence-electron chi connectivity index (χ2n) is 9.02. The topological polar surface area (TPSA) is 3.24 Å². The van der Waals surface area contributed by atoms with E-state index in [-0.39, 0.29) is 4.90 Å². The van der Waals surface area contributed by atoms with Gasteiger partial charge in [-0.25, -0.2) is 26.3 Å². The average Bonchev–Trinajstić information content (AvgIpc) is 2.98. The van der Waals surface area contributed by atoms with Gasteiger partial charge in [0.2, 0.25) is 0 Å². The summed E-state index contributed by atoms with van der Waals surface area (Å²) in [5.74, 6) is -58.1. The van der Waals surface area contributed by atoms with Gasteiger partial charge in [-0.1, -0.05) is 0 Å². The zero-order chi connectivity index (χ0) is 31.1. The van der Waals surface area contributed by atoms with Crippen molar-refractivity contribution in [2.75, 3.05) is 14.1 Å². The summed E-state index contributed by atoms with van der Waals surface area (Å²) >= 11 is 0. The van der Waals surface area contributed by atoms with E-state index >= 15 is 8.78 Å². The molecule has 0 saturated carbocycles. The Morgan fingerprint density at radius 1 is 0.400 bits per heavy atom. The highest BCUT2D eigenvalue weighted by molar-refractivity contribution is 5.54. The zero-order valence-electron chi connectivity index (χ0n) is 18.8. The highest BCUT2D eigenvalue weighted by Crippen LogP contribution is 2.66. The molecule has 222 valence electrons. The Bertz CT molecular complexity index is 1350. The summed E-state index contributed by atoms with van der Waals surface area (Å²) in [6.07, 6.45) is 0. The predicted octanol–water partition coefficient (Wildman–Crippen LogP) is 7.84. The fourth-order valence-electron chi connectivity index (χ4n) is 4.70. The van der Waals surface area contributed by atoms with Crippen LogP contribution in [0.15, 0.2) is 0 Å². The minimum atomic E-state index is -6.64. The van der Waals surface area contributed by atoms with Crippen molar-refractivity contribution >= 4 is 0 Å². The maximum absolute atomic E-state index is 15.2. The van der Waals surface area contributed by atoms with E-state index in [0.717, 1.165) is 0 Å². The van der Waals surface area contributed by atoms with Crippen molar-refractivity contribution in [1.29, 1.82) is 0 Å². The maximum atomic E-state index is 15.2. The fourth-order valence-corrected chi connectivity index (χ4v) is 4.70. The van der Waals surface area contributed by atoms with Gasteiger partial charge in [-0.2, -0.15) is 52.7 Å². The van der Waals surface area contributed by atoms with Gasteiger partial charge in [-0.05, 0) is 14.1 Å². The van der Waals surface area contributed by atoms with Crippen LogP contribution in [0, 0.1) is 34.9 Å². The van der Waals surface area contributed by atoms with Gasteiger partial charge < -0.3 is 0 Å². The van der Waals surface area contributed by atoms with Crippen molar-refractivity contribution in [3.05, 3.63) is 68.3 Å². The van der Waals surface area contributed by atoms with Crippen LogP contribution in [0.2, 0.25) is 0 Å². The summed E-state index contributed by atoms with van der Waals surface area (Å²) in [6.45, 7) is 0. The summed E-state index contributed by atoms with van der Waals surface area (Å²) in [6, 6.07) is -3.42. The Hall–Kier alpha value is -2.86. The fraction of sp³-hybridized carbons (Fsp3) is 0.429. The smallest absolute Gasteiger partial charge is 0.298 e. The molecule has 0 fully saturated rings. The second kappa shape index (κ2) is 7.90. The summed E-state index contributed by atoms with van der Waals surface area (Å²) < 4.78 is 258. The van der Waals surface area contributed by atoms with Crippen LogP contribution < -0.4 is 0 Å². The first-order valence-corrected chi connectivity index (χ1v) is 10.1. The highest BCUT2D eigenvalue weighted by Gasteiger charge is 2.82. The normalized spacial score (nSPS) is 22.6. The molecule has 2 aliphatic carbocycles. The molecule has 19 heteroatoms. The first kappa shape index (κ1) is 30.1. The van der Waals surface area contributed by atoms with Crippen molar-refractivity contribution in [2.45, 2.75) is 41.6 Å². The lowest BCUT2D eigenvalue weighted by atomic mass is 9.89. The van der Waals surface area contributed by atoms with Gasteiger partial charge in [0.1, 0.15) is 11.6 Å². The molecule has 0 bridgehead atoms. The molecule has 0 radical (unpaired) electrons. The number of halogens is 18. The molecule has 0 heterocycles. The lowest BCUT2D eigenvalue weighted by Gasteiger charge is -2.29. The molecule has 40 heavy (non-hydrogen) atoms. The monoisotopic (exact) mass is 615 g/mol. The van der Waals surface area contributed by atoms with E-state index < -0.39 is 110 Å². The molecule has 1 nitrogen and oxygen atoms in total. The van der Waals surface area contributed by atoms with Crippen molar-refractivity contribution in [3.63, 3.8) is 0 Å². The number of rotatable bonds is 3. The van der Waals surface area contributed by atoms with Crippen LogP contribution in [0.1, 0.15) is 39.4 Å².